The monoisotopic (exact) mass is 423 g/mol. The Balaban J connectivity index is 1.40. The molecule has 0 aliphatic carbocycles. The van der Waals surface area contributed by atoms with Crippen molar-refractivity contribution >= 4 is 11.0 Å². The third-order valence-corrected chi connectivity index (χ3v) is 5.79. The van der Waals surface area contributed by atoms with E-state index in [4.69, 9.17) is 5.73 Å². The Morgan fingerprint density at radius 3 is 2.87 bits per heavy atom. The highest BCUT2D eigenvalue weighted by molar-refractivity contribution is 5.75. The molecular weight excluding hydrogens is 390 g/mol. The number of nitrogens with zero attached hydrogens (tertiary/aromatic N) is 2. The fourth-order valence-electron chi connectivity index (χ4n) is 4.04. The highest BCUT2D eigenvalue weighted by Crippen LogP contribution is 2.15. The predicted octanol–water partition coefficient (Wildman–Crippen LogP) is 1.04. The van der Waals surface area contributed by atoms with Crippen LogP contribution in [0.5, 0.6) is 0 Å². The zero-order chi connectivity index (χ0) is 21.5. The van der Waals surface area contributed by atoms with Gasteiger partial charge in [-0.2, -0.15) is 4.98 Å². The highest BCUT2D eigenvalue weighted by Gasteiger charge is 2.12. The van der Waals surface area contributed by atoms with Crippen molar-refractivity contribution in [3.63, 3.8) is 0 Å². The van der Waals surface area contributed by atoms with Gasteiger partial charge in [0.25, 0.3) is 0 Å². The van der Waals surface area contributed by atoms with Gasteiger partial charge in [-0.25, -0.2) is 4.79 Å². The maximum absolute atomic E-state index is 12.6. The first-order valence-corrected chi connectivity index (χ1v) is 11.3. The molecule has 0 radical (unpaired) electrons. The molecule has 1 aliphatic rings. The maximum atomic E-state index is 12.6. The van der Waals surface area contributed by atoms with Gasteiger partial charge in [0.1, 0.15) is 5.65 Å². The van der Waals surface area contributed by atoms with Gasteiger partial charge in [-0.1, -0.05) is 12.1 Å². The van der Waals surface area contributed by atoms with E-state index in [2.05, 4.69) is 32.0 Å². The highest BCUT2D eigenvalue weighted by atomic mass is 16.1. The van der Waals surface area contributed by atoms with Crippen molar-refractivity contribution < 1.29 is 0 Å². The summed E-state index contributed by atoms with van der Waals surface area (Å²) in [5.41, 5.74) is 8.97. The van der Waals surface area contributed by atoms with Crippen molar-refractivity contribution in [2.24, 2.45) is 5.73 Å². The molecule has 0 bridgehead atoms. The smallest absolute Gasteiger partial charge is 0.343 e. The summed E-state index contributed by atoms with van der Waals surface area (Å²) in [6, 6.07) is 10.6. The molecule has 1 saturated heterocycles. The van der Waals surface area contributed by atoms with Gasteiger partial charge in [0, 0.05) is 49.4 Å². The second-order valence-corrected chi connectivity index (χ2v) is 8.22. The number of benzene rings is 1. The molecule has 8 nitrogen and oxygen atoms in total. The van der Waals surface area contributed by atoms with E-state index in [1.165, 1.54) is 18.4 Å². The molecule has 166 valence electrons. The van der Waals surface area contributed by atoms with E-state index in [9.17, 15) is 4.79 Å². The van der Waals surface area contributed by atoms with Gasteiger partial charge in [-0.05, 0) is 62.7 Å². The zero-order valence-electron chi connectivity index (χ0n) is 18.0. The Bertz CT molecular complexity index is 1020. The first-order valence-electron chi connectivity index (χ1n) is 11.3. The minimum Gasteiger partial charge on any atom is -0.343 e. The number of hydrogen-bond acceptors (Lipinski definition) is 6. The van der Waals surface area contributed by atoms with Crippen LogP contribution >= 0.6 is 0 Å². The van der Waals surface area contributed by atoms with Crippen LogP contribution in [0.1, 0.15) is 30.5 Å². The number of fused-ring (bicyclic) bond motifs is 1. The van der Waals surface area contributed by atoms with Crippen LogP contribution in [-0.2, 0) is 13.0 Å². The molecule has 6 N–H and O–H groups in total. The number of nitrogens with one attached hydrogen (secondary N) is 4. The third kappa shape index (κ3) is 5.80. The minimum atomic E-state index is -0.277. The average molecular weight is 424 g/mol. The summed E-state index contributed by atoms with van der Waals surface area (Å²) in [6.07, 6.45) is 6.17. The Labute approximate surface area is 182 Å². The predicted molar refractivity (Wildman–Crippen MR) is 125 cm³/mol. The van der Waals surface area contributed by atoms with Crippen molar-refractivity contribution in [3.8, 4) is 5.69 Å². The van der Waals surface area contributed by atoms with Gasteiger partial charge in [0.05, 0.1) is 5.69 Å². The number of aromatic amines is 1. The Kier molecular flexibility index (Phi) is 7.48. The maximum Gasteiger partial charge on any atom is 0.354 e. The SMILES string of the molecule is NCCCNCc1ccc(-n2cc3cc(CCN[C@H]4CCCNC4)[nH]c3nc2=O)cc1. The van der Waals surface area contributed by atoms with Crippen LogP contribution in [0.3, 0.4) is 0 Å². The van der Waals surface area contributed by atoms with Crippen molar-refractivity contribution in [1.82, 2.24) is 30.5 Å². The van der Waals surface area contributed by atoms with E-state index in [1.54, 1.807) is 4.57 Å². The van der Waals surface area contributed by atoms with Crippen LogP contribution in [0, 0.1) is 0 Å². The lowest BCUT2D eigenvalue weighted by Crippen LogP contribution is -2.43. The van der Waals surface area contributed by atoms with E-state index < -0.39 is 0 Å². The van der Waals surface area contributed by atoms with Gasteiger partial charge in [0.2, 0.25) is 0 Å². The molecule has 1 aliphatic heterocycles. The Hall–Kier alpha value is -2.52. The molecule has 0 saturated carbocycles. The molecule has 0 spiro atoms. The fourth-order valence-corrected chi connectivity index (χ4v) is 4.04. The number of H-pyrrole nitrogens is 1. The van der Waals surface area contributed by atoms with Crippen LogP contribution < -0.4 is 27.4 Å². The van der Waals surface area contributed by atoms with Crippen molar-refractivity contribution in [2.75, 3.05) is 32.7 Å². The van der Waals surface area contributed by atoms with Crippen LogP contribution in [0.2, 0.25) is 0 Å². The molecule has 3 heterocycles. The van der Waals surface area contributed by atoms with E-state index >= 15 is 0 Å². The summed E-state index contributed by atoms with van der Waals surface area (Å²) >= 11 is 0. The molecular formula is C23H33N7O. The summed E-state index contributed by atoms with van der Waals surface area (Å²) in [5.74, 6) is 0. The normalized spacial score (nSPS) is 16.7. The van der Waals surface area contributed by atoms with Crippen LogP contribution in [0.4, 0.5) is 0 Å². The van der Waals surface area contributed by atoms with Gasteiger partial charge in [-0.3, -0.25) is 4.57 Å². The molecule has 31 heavy (non-hydrogen) atoms. The molecule has 2 aromatic heterocycles. The first-order chi connectivity index (χ1) is 15.2. The minimum absolute atomic E-state index is 0.277. The zero-order valence-corrected chi connectivity index (χ0v) is 18.0. The van der Waals surface area contributed by atoms with Crippen molar-refractivity contribution in [3.05, 3.63) is 58.3 Å². The summed E-state index contributed by atoms with van der Waals surface area (Å²) in [4.78, 5) is 20.1. The van der Waals surface area contributed by atoms with Crippen LogP contribution in [0.25, 0.3) is 16.7 Å². The molecule has 8 heteroatoms. The van der Waals surface area contributed by atoms with Crippen LogP contribution in [-0.4, -0.2) is 53.3 Å². The molecule has 1 fully saturated rings. The summed E-state index contributed by atoms with van der Waals surface area (Å²) in [7, 11) is 0. The number of piperidine rings is 1. The van der Waals surface area contributed by atoms with E-state index in [0.717, 1.165) is 62.3 Å². The van der Waals surface area contributed by atoms with E-state index in [0.29, 0.717) is 18.2 Å². The summed E-state index contributed by atoms with van der Waals surface area (Å²) in [5, 5.41) is 11.3. The van der Waals surface area contributed by atoms with Crippen molar-refractivity contribution in [1.29, 1.82) is 0 Å². The number of hydrogen-bond donors (Lipinski definition) is 5. The Morgan fingerprint density at radius 1 is 1.23 bits per heavy atom. The van der Waals surface area contributed by atoms with Crippen molar-refractivity contribution in [2.45, 2.75) is 38.3 Å². The number of rotatable bonds is 10. The Morgan fingerprint density at radius 2 is 2.10 bits per heavy atom. The van der Waals surface area contributed by atoms with E-state index in [-0.39, 0.29) is 5.69 Å². The lowest BCUT2D eigenvalue weighted by atomic mass is 10.1. The fraction of sp³-hybridized carbons (Fsp3) is 0.478. The molecule has 0 unspecified atom stereocenters. The van der Waals surface area contributed by atoms with E-state index in [1.807, 2.05) is 30.5 Å². The largest absolute Gasteiger partial charge is 0.354 e. The lowest BCUT2D eigenvalue weighted by Gasteiger charge is -2.23. The summed E-state index contributed by atoms with van der Waals surface area (Å²) in [6.45, 7) is 5.46. The van der Waals surface area contributed by atoms with Gasteiger partial charge < -0.3 is 26.7 Å². The first kappa shape index (κ1) is 21.7. The second-order valence-electron chi connectivity index (χ2n) is 8.22. The standard InChI is InChI=1S/C23H33N7O/c24-9-2-11-25-14-17-4-6-21(7-5-17)30-16-18-13-19(28-22(18)29-23(30)31)8-12-27-20-3-1-10-26-15-20/h4-7,13,16,20,25-27H,1-3,8-12,14-15,24H2,(H,28,29,31)/t20-/m0/s1. The lowest BCUT2D eigenvalue weighted by molar-refractivity contribution is 0.392. The van der Waals surface area contributed by atoms with Gasteiger partial charge >= 0.3 is 5.69 Å². The molecule has 0 amide bonds. The molecule has 1 aromatic carbocycles. The van der Waals surface area contributed by atoms with Crippen LogP contribution in [0.15, 0.2) is 41.3 Å². The second kappa shape index (κ2) is 10.7. The molecule has 3 aromatic rings. The average Bonchev–Trinajstić information content (AvgIpc) is 3.19. The third-order valence-electron chi connectivity index (χ3n) is 5.79. The topological polar surface area (TPSA) is 113 Å². The number of nitrogens with two attached hydrogens (primary N) is 1. The molecule has 4 rings (SSSR count). The van der Waals surface area contributed by atoms with Gasteiger partial charge in [0.15, 0.2) is 0 Å². The quantitative estimate of drug-likeness (QED) is 0.312. The summed E-state index contributed by atoms with van der Waals surface area (Å²) < 4.78 is 1.61. The van der Waals surface area contributed by atoms with Gasteiger partial charge in [-0.15, -0.1) is 0 Å². The number of aromatic nitrogens is 3. The molecule has 1 atom stereocenters.